The van der Waals surface area contributed by atoms with Gasteiger partial charge in [0.2, 0.25) is 0 Å². The van der Waals surface area contributed by atoms with Crippen LogP contribution in [0, 0.1) is 29.1 Å². The Hall–Kier alpha value is -1.05. The first-order chi connectivity index (χ1) is 11.4. The molecule has 1 aromatic rings. The number of nitrogens with one attached hydrogen (secondary N) is 1. The summed E-state index contributed by atoms with van der Waals surface area (Å²) in [7, 11) is -4.02. The third-order valence-electron chi connectivity index (χ3n) is 6.30. The number of thioether (sulfide) groups is 1. The second kappa shape index (κ2) is 6.93. The predicted molar refractivity (Wildman–Crippen MR) is 104 cm³/mol. The second-order valence-corrected chi connectivity index (χ2v) is 10.5. The summed E-state index contributed by atoms with van der Waals surface area (Å²) >= 11 is 1.59. The van der Waals surface area contributed by atoms with Crippen LogP contribution in [0.25, 0.3) is 0 Å². The number of hydrogen-bond acceptors (Lipinski definition) is 4. The molecule has 3 atom stereocenters. The fraction of sp³-hybridized carbons (Fsp3) is 0.611. The van der Waals surface area contributed by atoms with E-state index in [1.54, 1.807) is 23.9 Å². The number of aryl methyl sites for hydroxylation is 1. The fourth-order valence-electron chi connectivity index (χ4n) is 4.17. The lowest BCUT2D eigenvalue weighted by molar-refractivity contribution is 0.157. The summed E-state index contributed by atoms with van der Waals surface area (Å²) in [5.74, 6) is 0.851. The summed E-state index contributed by atoms with van der Waals surface area (Å²) in [6.45, 7) is 9.02. The van der Waals surface area contributed by atoms with Gasteiger partial charge < -0.3 is 5.73 Å². The second-order valence-electron chi connectivity index (χ2n) is 7.87. The average molecular weight is 385 g/mol. The van der Waals surface area contributed by atoms with E-state index in [2.05, 4.69) is 20.8 Å². The molecule has 2 aliphatic carbocycles. The number of nitrogens with two attached hydrogens (primary N) is 1. The van der Waals surface area contributed by atoms with Crippen molar-refractivity contribution in [2.45, 2.75) is 57.1 Å². The van der Waals surface area contributed by atoms with Crippen LogP contribution in [-0.2, 0) is 10.1 Å². The van der Waals surface area contributed by atoms with Gasteiger partial charge in [0.05, 0.1) is 4.90 Å². The molecule has 0 aromatic heterocycles. The first kappa shape index (κ1) is 20.3. The van der Waals surface area contributed by atoms with Gasteiger partial charge in [-0.2, -0.15) is 8.42 Å². The van der Waals surface area contributed by atoms with Crippen molar-refractivity contribution in [3.05, 3.63) is 29.8 Å². The van der Waals surface area contributed by atoms with E-state index in [1.807, 2.05) is 6.92 Å². The number of amidine groups is 1. The monoisotopic (exact) mass is 384 g/mol. The van der Waals surface area contributed by atoms with Crippen molar-refractivity contribution in [2.75, 3.05) is 0 Å². The highest BCUT2D eigenvalue weighted by Crippen LogP contribution is 2.68. The quantitative estimate of drug-likeness (QED) is 0.405. The number of hydrogen-bond donors (Lipinski definition) is 3. The maximum absolute atomic E-state index is 10.5. The van der Waals surface area contributed by atoms with Crippen LogP contribution >= 0.6 is 11.8 Å². The number of fused-ring (bicyclic) bond motifs is 2. The van der Waals surface area contributed by atoms with Gasteiger partial charge in [0, 0.05) is 5.25 Å². The van der Waals surface area contributed by atoms with Crippen molar-refractivity contribution in [3.8, 4) is 0 Å². The molecular formula is C18H28N2O3S2. The van der Waals surface area contributed by atoms with Gasteiger partial charge in [-0.25, -0.2) is 0 Å². The van der Waals surface area contributed by atoms with Crippen molar-refractivity contribution in [1.82, 2.24) is 0 Å². The summed E-state index contributed by atoms with van der Waals surface area (Å²) in [5.41, 5.74) is 7.30. The van der Waals surface area contributed by atoms with Crippen LogP contribution in [-0.4, -0.2) is 23.4 Å². The van der Waals surface area contributed by atoms with Gasteiger partial charge in [-0.05, 0) is 55.1 Å². The molecule has 0 saturated heterocycles. The highest BCUT2D eigenvalue weighted by atomic mass is 32.2. The van der Waals surface area contributed by atoms with Crippen molar-refractivity contribution in [3.63, 3.8) is 0 Å². The topological polar surface area (TPSA) is 104 Å². The molecule has 3 rings (SSSR count). The smallest absolute Gasteiger partial charge is 0.294 e. The Morgan fingerprint density at radius 2 is 1.84 bits per heavy atom. The fourth-order valence-corrected chi connectivity index (χ4v) is 5.97. The van der Waals surface area contributed by atoms with Crippen LogP contribution in [0.1, 0.15) is 45.6 Å². The minimum Gasteiger partial charge on any atom is -0.379 e. The van der Waals surface area contributed by atoms with Crippen molar-refractivity contribution in [2.24, 2.45) is 22.5 Å². The SMILES string of the molecule is CC1(C)C2CCC1(C)C(SC(=N)N)C2.Cc1ccc(S(=O)(=O)O)cc1. The van der Waals surface area contributed by atoms with Gasteiger partial charge in [0.25, 0.3) is 10.1 Å². The minimum atomic E-state index is -4.02. The standard InChI is InChI=1S/C11H20N2S.C7H8O3S/c1-10(2)7-4-5-11(10,3)8(6-7)14-9(12)13;1-6-2-4-7(5-3-6)11(8,9)10/h7-8H,4-6H2,1-3H3,(H3,12,13);2-5H,1H3,(H,8,9,10). The van der Waals surface area contributed by atoms with E-state index in [0.717, 1.165) is 11.5 Å². The zero-order chi connectivity index (χ0) is 19.0. The van der Waals surface area contributed by atoms with Crippen LogP contribution < -0.4 is 5.73 Å². The molecule has 1 aromatic carbocycles. The molecule has 0 amide bonds. The molecule has 2 saturated carbocycles. The lowest BCUT2D eigenvalue weighted by Crippen LogP contribution is -2.35. The zero-order valence-electron chi connectivity index (χ0n) is 15.2. The lowest BCUT2D eigenvalue weighted by atomic mass is 9.71. The molecule has 0 aliphatic heterocycles. The Bertz CT molecular complexity index is 744. The van der Waals surface area contributed by atoms with E-state index in [-0.39, 0.29) is 4.90 Å². The van der Waals surface area contributed by atoms with E-state index >= 15 is 0 Å². The first-order valence-corrected chi connectivity index (χ1v) is 10.7. The van der Waals surface area contributed by atoms with E-state index in [1.165, 1.54) is 31.4 Å². The van der Waals surface area contributed by atoms with Crippen LogP contribution in [0.15, 0.2) is 29.2 Å². The average Bonchev–Trinajstić information content (AvgIpc) is 2.80. The van der Waals surface area contributed by atoms with E-state index < -0.39 is 10.1 Å². The molecule has 4 N–H and O–H groups in total. The molecule has 5 nitrogen and oxygen atoms in total. The van der Waals surface area contributed by atoms with Gasteiger partial charge >= 0.3 is 0 Å². The van der Waals surface area contributed by atoms with Gasteiger partial charge in [-0.15, -0.1) is 0 Å². The van der Waals surface area contributed by atoms with Gasteiger partial charge in [0.15, 0.2) is 5.17 Å². The Morgan fingerprint density at radius 3 is 2.20 bits per heavy atom. The first-order valence-electron chi connectivity index (χ1n) is 8.43. The molecule has 0 radical (unpaired) electrons. The summed E-state index contributed by atoms with van der Waals surface area (Å²) in [5, 5.41) is 8.26. The molecule has 0 heterocycles. The maximum atomic E-state index is 10.5. The molecule has 2 bridgehead atoms. The summed E-state index contributed by atoms with van der Waals surface area (Å²) in [6, 6.07) is 5.99. The van der Waals surface area contributed by atoms with Crippen LogP contribution in [0.2, 0.25) is 0 Å². The van der Waals surface area contributed by atoms with E-state index in [9.17, 15) is 8.42 Å². The highest BCUT2D eigenvalue weighted by molar-refractivity contribution is 8.14. The normalized spacial score (nSPS) is 29.8. The van der Waals surface area contributed by atoms with Gasteiger partial charge in [-0.1, -0.05) is 50.2 Å². The minimum absolute atomic E-state index is 0.0666. The molecule has 3 unspecified atom stereocenters. The molecular weight excluding hydrogens is 356 g/mol. The van der Waals surface area contributed by atoms with E-state index in [0.29, 0.717) is 21.2 Å². The van der Waals surface area contributed by atoms with Crippen LogP contribution in [0.5, 0.6) is 0 Å². The Morgan fingerprint density at radius 1 is 1.28 bits per heavy atom. The van der Waals surface area contributed by atoms with Crippen molar-refractivity contribution < 1.29 is 13.0 Å². The Kier molecular flexibility index (Phi) is 5.62. The molecule has 140 valence electrons. The molecule has 2 aliphatic rings. The summed E-state index contributed by atoms with van der Waals surface area (Å²) in [6.07, 6.45) is 3.95. The van der Waals surface area contributed by atoms with Crippen LogP contribution in [0.3, 0.4) is 0 Å². The molecule has 2 fully saturated rings. The van der Waals surface area contributed by atoms with Gasteiger partial charge in [0.1, 0.15) is 0 Å². The number of benzene rings is 1. The van der Waals surface area contributed by atoms with Gasteiger partial charge in [-0.3, -0.25) is 9.96 Å². The maximum Gasteiger partial charge on any atom is 0.294 e. The molecule has 7 heteroatoms. The highest BCUT2D eigenvalue weighted by Gasteiger charge is 2.61. The lowest BCUT2D eigenvalue weighted by Gasteiger charge is -2.38. The third kappa shape index (κ3) is 4.04. The zero-order valence-corrected chi connectivity index (χ0v) is 16.9. The molecule has 0 spiro atoms. The predicted octanol–water partition coefficient (Wildman–Crippen LogP) is 4.07. The Labute approximate surface area is 155 Å². The van der Waals surface area contributed by atoms with Crippen molar-refractivity contribution in [1.29, 1.82) is 5.41 Å². The summed E-state index contributed by atoms with van der Waals surface area (Å²) < 4.78 is 29.6. The van der Waals surface area contributed by atoms with E-state index in [4.69, 9.17) is 15.7 Å². The largest absolute Gasteiger partial charge is 0.379 e. The van der Waals surface area contributed by atoms with Crippen LogP contribution in [0.4, 0.5) is 0 Å². The number of rotatable bonds is 2. The summed E-state index contributed by atoms with van der Waals surface area (Å²) in [4.78, 5) is -0.0666. The Balaban J connectivity index is 0.000000186. The van der Waals surface area contributed by atoms with Crippen molar-refractivity contribution >= 4 is 27.0 Å². The third-order valence-corrected chi connectivity index (χ3v) is 8.42. The molecule has 25 heavy (non-hydrogen) atoms.